The molecule has 0 fully saturated rings. The molecule has 4 heteroatoms. The average molecular weight is 220 g/mol. The molecule has 1 heterocycles. The molecule has 0 amide bonds. The lowest BCUT2D eigenvalue weighted by molar-refractivity contribution is 0.629. The first-order valence-electron chi connectivity index (χ1n) is 5.11. The Balaban J connectivity index is 2.78. The van der Waals surface area contributed by atoms with Gasteiger partial charge in [0.05, 0.1) is 5.52 Å². The molecule has 0 spiro atoms. The van der Waals surface area contributed by atoms with Crippen molar-refractivity contribution in [2.75, 3.05) is 6.54 Å². The van der Waals surface area contributed by atoms with Crippen LogP contribution in [0.1, 0.15) is 5.56 Å². The molecular weight excluding hydrogens is 207 g/mol. The Morgan fingerprint density at radius 2 is 2.12 bits per heavy atom. The van der Waals surface area contributed by atoms with E-state index in [2.05, 4.69) is 0 Å². The van der Waals surface area contributed by atoms with Crippen molar-refractivity contribution in [2.24, 2.45) is 12.8 Å². The molecule has 2 aromatic rings. The van der Waals surface area contributed by atoms with Gasteiger partial charge >= 0.3 is 0 Å². The highest BCUT2D eigenvalue weighted by molar-refractivity contribution is 5.79. The van der Waals surface area contributed by atoms with Gasteiger partial charge in [0.1, 0.15) is 5.82 Å². The van der Waals surface area contributed by atoms with Crippen LogP contribution in [0, 0.1) is 5.82 Å². The van der Waals surface area contributed by atoms with Crippen LogP contribution >= 0.6 is 0 Å². The van der Waals surface area contributed by atoms with Crippen LogP contribution in [-0.4, -0.2) is 11.1 Å². The first-order chi connectivity index (χ1) is 7.63. The van der Waals surface area contributed by atoms with Crippen molar-refractivity contribution in [3.8, 4) is 0 Å². The molecule has 0 atom stereocenters. The van der Waals surface area contributed by atoms with Gasteiger partial charge in [-0.2, -0.15) is 0 Å². The molecule has 1 aromatic heterocycles. The summed E-state index contributed by atoms with van der Waals surface area (Å²) in [4.78, 5) is 11.9. The number of halogens is 1. The first-order valence-corrected chi connectivity index (χ1v) is 5.11. The van der Waals surface area contributed by atoms with E-state index >= 15 is 0 Å². The zero-order valence-corrected chi connectivity index (χ0v) is 9.03. The molecule has 2 N–H and O–H groups in total. The predicted octanol–water partition coefficient (Wildman–Crippen LogP) is 1.18. The van der Waals surface area contributed by atoms with E-state index in [-0.39, 0.29) is 11.4 Å². The van der Waals surface area contributed by atoms with Crippen LogP contribution in [0.4, 0.5) is 4.39 Å². The third-order valence-corrected chi connectivity index (χ3v) is 2.67. The summed E-state index contributed by atoms with van der Waals surface area (Å²) in [5.41, 5.74) is 6.72. The quantitative estimate of drug-likeness (QED) is 0.826. The summed E-state index contributed by atoms with van der Waals surface area (Å²) in [5.74, 6) is -0.301. The highest BCUT2D eigenvalue weighted by Gasteiger charge is 2.06. The van der Waals surface area contributed by atoms with Gasteiger partial charge in [-0.05, 0) is 37.2 Å². The molecule has 1 aromatic carbocycles. The van der Waals surface area contributed by atoms with Crippen LogP contribution in [0.2, 0.25) is 0 Å². The van der Waals surface area contributed by atoms with Gasteiger partial charge in [0.25, 0.3) is 5.56 Å². The zero-order valence-electron chi connectivity index (χ0n) is 9.03. The second kappa shape index (κ2) is 4.06. The number of hydrogen-bond donors (Lipinski definition) is 1. The fourth-order valence-electron chi connectivity index (χ4n) is 1.86. The van der Waals surface area contributed by atoms with Crippen molar-refractivity contribution in [1.82, 2.24) is 4.57 Å². The fraction of sp³-hybridized carbons (Fsp3) is 0.250. The van der Waals surface area contributed by atoms with Crippen molar-refractivity contribution in [3.05, 3.63) is 46.0 Å². The number of hydrogen-bond acceptors (Lipinski definition) is 2. The summed E-state index contributed by atoms with van der Waals surface area (Å²) in [6, 6.07) is 6.10. The van der Waals surface area contributed by atoms with Crippen molar-refractivity contribution in [3.63, 3.8) is 0 Å². The van der Waals surface area contributed by atoms with E-state index < -0.39 is 0 Å². The number of rotatable bonds is 2. The van der Waals surface area contributed by atoms with E-state index in [1.807, 2.05) is 0 Å². The number of nitrogens with two attached hydrogens (primary N) is 1. The summed E-state index contributed by atoms with van der Waals surface area (Å²) >= 11 is 0. The van der Waals surface area contributed by atoms with Crippen LogP contribution in [0.25, 0.3) is 10.9 Å². The van der Waals surface area contributed by atoms with E-state index in [0.717, 1.165) is 10.9 Å². The summed E-state index contributed by atoms with van der Waals surface area (Å²) in [5, 5.41) is 0.727. The fourth-order valence-corrected chi connectivity index (χ4v) is 1.86. The number of aromatic nitrogens is 1. The molecule has 0 saturated carbocycles. The number of benzene rings is 1. The van der Waals surface area contributed by atoms with Gasteiger partial charge in [-0.1, -0.05) is 0 Å². The molecule has 2 rings (SSSR count). The van der Waals surface area contributed by atoms with Gasteiger partial charge in [0.15, 0.2) is 0 Å². The molecule has 0 saturated heterocycles. The Morgan fingerprint density at radius 3 is 2.81 bits per heavy atom. The van der Waals surface area contributed by atoms with Crippen LogP contribution in [0.5, 0.6) is 0 Å². The number of nitrogens with zero attached hydrogens (tertiary/aromatic N) is 1. The van der Waals surface area contributed by atoms with E-state index in [0.29, 0.717) is 18.5 Å². The van der Waals surface area contributed by atoms with Crippen LogP contribution < -0.4 is 11.3 Å². The Kier molecular flexibility index (Phi) is 2.75. The maximum atomic E-state index is 13.1. The largest absolute Gasteiger partial charge is 0.330 e. The molecule has 0 radical (unpaired) electrons. The summed E-state index contributed by atoms with van der Waals surface area (Å²) in [6.07, 6.45) is 0.513. The summed E-state index contributed by atoms with van der Waals surface area (Å²) in [6.45, 7) is 0.413. The monoisotopic (exact) mass is 220 g/mol. The number of pyridine rings is 1. The van der Waals surface area contributed by atoms with E-state index in [4.69, 9.17) is 5.73 Å². The van der Waals surface area contributed by atoms with Crippen LogP contribution in [-0.2, 0) is 13.5 Å². The molecule has 0 aliphatic rings. The molecule has 0 bridgehead atoms. The minimum absolute atomic E-state index is 0.0652. The van der Waals surface area contributed by atoms with Crippen LogP contribution in [0.3, 0.4) is 0 Å². The van der Waals surface area contributed by atoms with Crippen molar-refractivity contribution < 1.29 is 4.39 Å². The molecule has 84 valence electrons. The van der Waals surface area contributed by atoms with Gasteiger partial charge in [-0.3, -0.25) is 4.79 Å². The van der Waals surface area contributed by atoms with Gasteiger partial charge in [-0.25, -0.2) is 4.39 Å². The lowest BCUT2D eigenvalue weighted by Gasteiger charge is -2.08. The highest BCUT2D eigenvalue weighted by atomic mass is 19.1. The standard InChI is InChI=1S/C12H13FN2O/c1-15-11-3-2-10(13)7-9(11)6-8(4-5-14)12(15)16/h2-3,6-7H,4-5,14H2,1H3. The maximum Gasteiger partial charge on any atom is 0.254 e. The SMILES string of the molecule is Cn1c(=O)c(CCN)cc2cc(F)ccc21. The second-order valence-electron chi connectivity index (χ2n) is 3.78. The minimum atomic E-state index is -0.301. The molecule has 0 unspecified atom stereocenters. The lowest BCUT2D eigenvalue weighted by atomic mass is 10.1. The third-order valence-electron chi connectivity index (χ3n) is 2.67. The number of fused-ring (bicyclic) bond motifs is 1. The Bertz CT molecular complexity index is 589. The third kappa shape index (κ3) is 1.72. The zero-order chi connectivity index (χ0) is 11.7. The average Bonchev–Trinajstić information content (AvgIpc) is 2.25. The molecule has 16 heavy (non-hydrogen) atoms. The minimum Gasteiger partial charge on any atom is -0.330 e. The van der Waals surface area contributed by atoms with E-state index in [1.165, 1.54) is 16.7 Å². The van der Waals surface area contributed by atoms with Crippen molar-refractivity contribution in [1.29, 1.82) is 0 Å². The summed E-state index contributed by atoms with van der Waals surface area (Å²) < 4.78 is 14.6. The Hall–Kier alpha value is -1.68. The molecule has 0 aliphatic carbocycles. The predicted molar refractivity (Wildman–Crippen MR) is 61.9 cm³/mol. The van der Waals surface area contributed by atoms with Gasteiger partial charge < -0.3 is 10.3 Å². The van der Waals surface area contributed by atoms with Crippen molar-refractivity contribution in [2.45, 2.75) is 6.42 Å². The molecule has 0 aliphatic heterocycles. The highest BCUT2D eigenvalue weighted by Crippen LogP contribution is 2.14. The second-order valence-corrected chi connectivity index (χ2v) is 3.78. The van der Waals surface area contributed by atoms with Gasteiger partial charge in [0.2, 0.25) is 0 Å². The topological polar surface area (TPSA) is 48.0 Å². The Morgan fingerprint density at radius 1 is 1.38 bits per heavy atom. The Labute approximate surface area is 92.3 Å². The molecule has 3 nitrogen and oxygen atoms in total. The maximum absolute atomic E-state index is 13.1. The van der Waals surface area contributed by atoms with Crippen LogP contribution in [0.15, 0.2) is 29.1 Å². The normalized spacial score (nSPS) is 10.9. The van der Waals surface area contributed by atoms with Gasteiger partial charge in [-0.15, -0.1) is 0 Å². The smallest absolute Gasteiger partial charge is 0.254 e. The lowest BCUT2D eigenvalue weighted by Crippen LogP contribution is -2.23. The van der Waals surface area contributed by atoms with Gasteiger partial charge in [0, 0.05) is 18.0 Å². The van der Waals surface area contributed by atoms with Crippen molar-refractivity contribution >= 4 is 10.9 Å². The first kappa shape index (κ1) is 10.8. The van der Waals surface area contributed by atoms with E-state index in [1.54, 1.807) is 19.2 Å². The van der Waals surface area contributed by atoms with E-state index in [9.17, 15) is 9.18 Å². The number of aryl methyl sites for hydroxylation is 1. The molecular formula is C12H13FN2O. The summed E-state index contributed by atoms with van der Waals surface area (Å²) in [7, 11) is 1.68.